The Morgan fingerprint density at radius 1 is 0.256 bits per heavy atom. The van der Waals surface area contributed by atoms with E-state index in [-0.39, 0.29) is 31.1 Å². The highest BCUT2D eigenvalue weighted by atomic mass is 16.6. The summed E-state index contributed by atoms with van der Waals surface area (Å²) in [7, 11) is 0. The van der Waals surface area contributed by atoms with E-state index in [1.165, 1.54) is 231 Å². The average molecular weight is 1090 g/mol. The van der Waals surface area contributed by atoms with Gasteiger partial charge in [-0.1, -0.05) is 313 Å². The number of unbranched alkanes of at least 4 members (excludes halogenated alkanes) is 42. The molecule has 6 heteroatoms. The largest absolute Gasteiger partial charge is 0.462 e. The van der Waals surface area contributed by atoms with Crippen molar-refractivity contribution in [2.75, 3.05) is 13.2 Å². The number of hydrogen-bond acceptors (Lipinski definition) is 6. The fourth-order valence-electron chi connectivity index (χ4n) is 10.1. The minimum atomic E-state index is -0.782. The molecule has 0 spiro atoms. The lowest BCUT2D eigenvalue weighted by molar-refractivity contribution is -0.167. The highest BCUT2D eigenvalue weighted by Gasteiger charge is 2.19. The Morgan fingerprint density at radius 2 is 0.462 bits per heavy atom. The van der Waals surface area contributed by atoms with Gasteiger partial charge in [0.2, 0.25) is 0 Å². The monoisotopic (exact) mass is 1090 g/mol. The van der Waals surface area contributed by atoms with Gasteiger partial charge in [-0.25, -0.2) is 0 Å². The van der Waals surface area contributed by atoms with Crippen molar-refractivity contribution < 1.29 is 28.6 Å². The van der Waals surface area contributed by atoms with Crippen molar-refractivity contribution in [2.45, 2.75) is 367 Å². The van der Waals surface area contributed by atoms with E-state index >= 15 is 0 Å². The number of hydrogen-bond donors (Lipinski definition) is 0. The summed E-state index contributed by atoms with van der Waals surface area (Å²) in [5.74, 6) is -0.868. The highest BCUT2D eigenvalue weighted by Crippen LogP contribution is 2.17. The first-order valence-electron chi connectivity index (χ1n) is 34.3. The lowest BCUT2D eigenvalue weighted by Crippen LogP contribution is -2.30. The maximum atomic E-state index is 12.9. The summed E-state index contributed by atoms with van der Waals surface area (Å²) in [4.78, 5) is 38.4. The quantitative estimate of drug-likeness (QED) is 0.0261. The van der Waals surface area contributed by atoms with Crippen LogP contribution >= 0.6 is 0 Å². The van der Waals surface area contributed by atoms with Crippen LogP contribution in [0.5, 0.6) is 0 Å². The third-order valence-corrected chi connectivity index (χ3v) is 15.2. The van der Waals surface area contributed by atoms with Gasteiger partial charge in [-0.15, -0.1) is 0 Å². The van der Waals surface area contributed by atoms with E-state index in [1.807, 2.05) is 0 Å². The maximum absolute atomic E-state index is 12.9. The second kappa shape index (κ2) is 66.6. The molecule has 6 nitrogen and oxygen atoms in total. The van der Waals surface area contributed by atoms with Crippen LogP contribution in [0.25, 0.3) is 0 Å². The molecule has 0 aliphatic carbocycles. The van der Waals surface area contributed by atoms with Crippen LogP contribution in [0.1, 0.15) is 361 Å². The first-order chi connectivity index (χ1) is 38.5. The van der Waals surface area contributed by atoms with E-state index in [4.69, 9.17) is 14.2 Å². The summed E-state index contributed by atoms with van der Waals surface area (Å²) in [5.41, 5.74) is 0. The summed E-state index contributed by atoms with van der Waals surface area (Å²) in [5, 5.41) is 0. The molecule has 0 fully saturated rings. The Hall–Kier alpha value is -2.89. The van der Waals surface area contributed by atoms with Gasteiger partial charge in [0.1, 0.15) is 13.2 Å². The topological polar surface area (TPSA) is 78.9 Å². The van der Waals surface area contributed by atoms with E-state index in [0.29, 0.717) is 19.3 Å². The molecule has 454 valence electrons. The Morgan fingerprint density at radius 3 is 0.744 bits per heavy atom. The molecular formula is C72H130O6. The molecule has 0 bridgehead atoms. The zero-order valence-electron chi connectivity index (χ0n) is 52.2. The van der Waals surface area contributed by atoms with Crippen LogP contribution < -0.4 is 0 Å². The third kappa shape index (κ3) is 63.9. The zero-order chi connectivity index (χ0) is 56.4. The molecule has 1 atom stereocenters. The van der Waals surface area contributed by atoms with E-state index in [1.54, 1.807) is 0 Å². The van der Waals surface area contributed by atoms with E-state index in [0.717, 1.165) is 89.9 Å². The molecule has 1 unspecified atom stereocenters. The number of esters is 3. The Balaban J connectivity index is 4.35. The van der Waals surface area contributed by atoms with Crippen LogP contribution in [-0.2, 0) is 28.6 Å². The zero-order valence-corrected chi connectivity index (χ0v) is 52.2. The summed E-state index contributed by atoms with van der Waals surface area (Å²) in [6, 6.07) is 0. The molecule has 0 radical (unpaired) electrons. The first kappa shape index (κ1) is 75.1. The van der Waals surface area contributed by atoms with Gasteiger partial charge in [0.25, 0.3) is 0 Å². The molecule has 78 heavy (non-hydrogen) atoms. The molecule has 0 N–H and O–H groups in total. The maximum Gasteiger partial charge on any atom is 0.306 e. The molecule has 0 aromatic carbocycles. The Kier molecular flexibility index (Phi) is 64.2. The van der Waals surface area contributed by atoms with Crippen LogP contribution in [0.3, 0.4) is 0 Å². The van der Waals surface area contributed by atoms with Gasteiger partial charge in [-0.3, -0.25) is 14.4 Å². The molecule has 0 aliphatic heterocycles. The van der Waals surface area contributed by atoms with Crippen molar-refractivity contribution in [1.82, 2.24) is 0 Å². The molecule has 0 amide bonds. The van der Waals surface area contributed by atoms with Gasteiger partial charge in [0, 0.05) is 19.3 Å². The van der Waals surface area contributed by atoms with Crippen molar-refractivity contribution in [2.24, 2.45) is 0 Å². The van der Waals surface area contributed by atoms with Crippen LogP contribution in [0.4, 0.5) is 0 Å². The fraction of sp³-hybridized carbons (Fsp3) is 0.819. The molecular weight excluding hydrogens is 961 g/mol. The molecule has 0 saturated carbocycles. The molecule has 0 rings (SSSR count). The average Bonchev–Trinajstić information content (AvgIpc) is 3.44. The molecule has 0 heterocycles. The van der Waals surface area contributed by atoms with Crippen LogP contribution in [-0.4, -0.2) is 37.2 Å². The van der Waals surface area contributed by atoms with Gasteiger partial charge in [-0.2, -0.15) is 0 Å². The van der Waals surface area contributed by atoms with Gasteiger partial charge in [-0.05, 0) is 89.9 Å². The third-order valence-electron chi connectivity index (χ3n) is 15.2. The minimum absolute atomic E-state index is 0.0764. The Labute approximate surface area is 485 Å². The van der Waals surface area contributed by atoms with Crippen molar-refractivity contribution in [1.29, 1.82) is 0 Å². The predicted octanol–water partition coefficient (Wildman–Crippen LogP) is 23.5. The summed E-state index contributed by atoms with van der Waals surface area (Å²) in [6.45, 7) is 6.65. The number of carbonyl (C=O) groups is 3. The fourth-order valence-corrected chi connectivity index (χ4v) is 10.1. The summed E-state index contributed by atoms with van der Waals surface area (Å²) < 4.78 is 17.0. The second-order valence-corrected chi connectivity index (χ2v) is 23.1. The number of allylic oxidation sites excluding steroid dienone is 10. The highest BCUT2D eigenvalue weighted by molar-refractivity contribution is 5.71. The van der Waals surface area contributed by atoms with Gasteiger partial charge in [0.15, 0.2) is 6.10 Å². The van der Waals surface area contributed by atoms with Crippen molar-refractivity contribution >= 4 is 17.9 Å². The molecule has 0 aromatic heterocycles. The van der Waals surface area contributed by atoms with Crippen LogP contribution in [0, 0.1) is 0 Å². The van der Waals surface area contributed by atoms with E-state index < -0.39 is 6.10 Å². The molecule has 0 saturated heterocycles. The van der Waals surface area contributed by atoms with E-state index in [9.17, 15) is 14.4 Å². The van der Waals surface area contributed by atoms with Gasteiger partial charge < -0.3 is 14.2 Å². The lowest BCUT2D eigenvalue weighted by atomic mass is 10.0. The van der Waals surface area contributed by atoms with Crippen molar-refractivity contribution in [3.05, 3.63) is 60.8 Å². The second-order valence-electron chi connectivity index (χ2n) is 23.1. The number of rotatable bonds is 63. The van der Waals surface area contributed by atoms with Gasteiger partial charge >= 0.3 is 17.9 Å². The standard InChI is InChI=1S/C72H130O6/c1-4-7-10-13-16-19-22-25-28-31-34-35-36-37-39-41-44-47-50-53-56-59-62-65-71(74)77-68-69(67-76-70(73)64-61-58-55-52-49-46-43-40-33-30-27-24-21-18-15-12-9-6-3)78-72(75)66-63-60-57-54-51-48-45-42-38-32-29-26-23-20-17-14-11-8-5-2/h17,20,22,25-26,29,31,34,38,42,69H,4-16,18-19,21,23-24,27-28,30,32-33,35-37,39-41,43-68H2,1-3H3/b20-17-,25-22-,29-26-,34-31-,42-38-. The van der Waals surface area contributed by atoms with Crippen LogP contribution in [0.15, 0.2) is 60.8 Å². The summed E-state index contributed by atoms with van der Waals surface area (Å²) in [6.07, 6.45) is 85.1. The Bertz CT molecular complexity index is 1390. The minimum Gasteiger partial charge on any atom is -0.462 e. The lowest BCUT2D eigenvalue weighted by Gasteiger charge is -2.18. The van der Waals surface area contributed by atoms with Crippen molar-refractivity contribution in [3.8, 4) is 0 Å². The smallest absolute Gasteiger partial charge is 0.306 e. The first-order valence-corrected chi connectivity index (χ1v) is 34.3. The SMILES string of the molecule is CCCCC/C=C\C/C=C\C/C=C\CCCCCCCCC(=O)OC(COC(=O)CCCCCCCCCCCCC/C=C\C/C=C\CCCCCCC)COC(=O)CCCCCCCCCCCCCCCCCCCC. The molecule has 0 aromatic rings. The normalized spacial score (nSPS) is 12.4. The van der Waals surface area contributed by atoms with Gasteiger partial charge in [0.05, 0.1) is 0 Å². The van der Waals surface area contributed by atoms with Crippen molar-refractivity contribution in [3.63, 3.8) is 0 Å². The predicted molar refractivity (Wildman–Crippen MR) is 339 cm³/mol. The number of carbonyl (C=O) groups excluding carboxylic acids is 3. The molecule has 0 aliphatic rings. The van der Waals surface area contributed by atoms with E-state index in [2.05, 4.69) is 81.5 Å². The number of ether oxygens (including phenoxy) is 3. The summed E-state index contributed by atoms with van der Waals surface area (Å²) >= 11 is 0. The van der Waals surface area contributed by atoms with Crippen LogP contribution in [0.2, 0.25) is 0 Å².